The van der Waals surface area contributed by atoms with Gasteiger partial charge in [-0.2, -0.15) is 5.10 Å². The van der Waals surface area contributed by atoms with Crippen LogP contribution in [0.25, 0.3) is 0 Å². The van der Waals surface area contributed by atoms with Crippen molar-refractivity contribution in [3.63, 3.8) is 0 Å². The van der Waals surface area contributed by atoms with Gasteiger partial charge in [0.05, 0.1) is 12.1 Å². The molecule has 1 saturated heterocycles. The molecule has 31 heavy (non-hydrogen) atoms. The first kappa shape index (κ1) is 21.0. The minimum Gasteiger partial charge on any atom is -0.354 e. The number of nitrogens with one attached hydrogen (secondary N) is 1. The maximum Gasteiger partial charge on any atom is 0.223 e. The van der Waals surface area contributed by atoms with Gasteiger partial charge in [-0.25, -0.2) is 0 Å². The van der Waals surface area contributed by atoms with Crippen molar-refractivity contribution in [3.05, 3.63) is 58.7 Å². The number of carbonyl (C=O) groups is 2. The number of carbonyl (C=O) groups excluding carboxylic acids is 2. The Bertz CT molecular complexity index is 1040. The van der Waals surface area contributed by atoms with E-state index in [1.807, 2.05) is 42.5 Å². The highest BCUT2D eigenvalue weighted by Gasteiger charge is 2.25. The molecular weight excluding hydrogens is 412 g/mol. The minimum absolute atomic E-state index is 0.123. The van der Waals surface area contributed by atoms with E-state index in [9.17, 15) is 9.59 Å². The molecule has 8 nitrogen and oxygen atoms in total. The number of rotatable bonds is 7. The SMILES string of the molecule is CC(=O)Nc1nnc(C2CCCN(c3ccc(CC(=O)Cc4ccccc4)nn3)C2)s1. The highest BCUT2D eigenvalue weighted by atomic mass is 32.1. The lowest BCUT2D eigenvalue weighted by Crippen LogP contribution is -2.35. The van der Waals surface area contributed by atoms with Crippen molar-refractivity contribution in [1.29, 1.82) is 0 Å². The van der Waals surface area contributed by atoms with Crippen molar-refractivity contribution >= 4 is 34.0 Å². The van der Waals surface area contributed by atoms with Gasteiger partial charge in [0.1, 0.15) is 10.8 Å². The van der Waals surface area contributed by atoms with Crippen LogP contribution in [0.1, 0.15) is 41.9 Å². The fraction of sp³-hybridized carbons (Fsp3) is 0.364. The third-order valence-corrected chi connectivity index (χ3v) is 6.15. The molecule has 1 atom stereocenters. The first-order valence-corrected chi connectivity index (χ1v) is 11.1. The molecule has 1 fully saturated rings. The molecule has 1 unspecified atom stereocenters. The number of ketones is 1. The van der Waals surface area contributed by atoms with Crippen LogP contribution in [0.5, 0.6) is 0 Å². The van der Waals surface area contributed by atoms with Crippen LogP contribution < -0.4 is 10.2 Å². The Morgan fingerprint density at radius 1 is 1.06 bits per heavy atom. The van der Waals surface area contributed by atoms with Gasteiger partial charge in [-0.1, -0.05) is 41.7 Å². The molecule has 0 aliphatic carbocycles. The van der Waals surface area contributed by atoms with E-state index in [2.05, 4.69) is 30.6 Å². The van der Waals surface area contributed by atoms with Crippen molar-refractivity contribution in [2.75, 3.05) is 23.3 Å². The molecule has 0 saturated carbocycles. The summed E-state index contributed by atoms with van der Waals surface area (Å²) in [5.41, 5.74) is 1.69. The summed E-state index contributed by atoms with van der Waals surface area (Å²) in [5.74, 6) is 1.02. The van der Waals surface area contributed by atoms with E-state index < -0.39 is 0 Å². The molecule has 9 heteroatoms. The molecule has 0 spiro atoms. The first-order valence-electron chi connectivity index (χ1n) is 10.3. The number of aromatic nitrogens is 4. The monoisotopic (exact) mass is 436 g/mol. The number of anilines is 2. The second-order valence-electron chi connectivity index (χ2n) is 7.67. The van der Waals surface area contributed by atoms with E-state index in [-0.39, 0.29) is 24.0 Å². The molecule has 160 valence electrons. The van der Waals surface area contributed by atoms with Crippen LogP contribution in [-0.4, -0.2) is 45.2 Å². The zero-order chi connectivity index (χ0) is 21.6. The average molecular weight is 437 g/mol. The van der Waals surface area contributed by atoms with E-state index in [0.717, 1.165) is 42.3 Å². The Labute approximate surface area is 184 Å². The Kier molecular flexibility index (Phi) is 6.61. The highest BCUT2D eigenvalue weighted by Crippen LogP contribution is 2.32. The summed E-state index contributed by atoms with van der Waals surface area (Å²) in [6, 6.07) is 13.5. The Balaban J connectivity index is 1.35. The van der Waals surface area contributed by atoms with Crippen LogP contribution in [0, 0.1) is 0 Å². The molecular formula is C22H24N6O2S. The van der Waals surface area contributed by atoms with E-state index in [1.54, 1.807) is 0 Å². The van der Waals surface area contributed by atoms with Gasteiger partial charge in [0.25, 0.3) is 0 Å². The number of amides is 1. The van der Waals surface area contributed by atoms with Gasteiger partial charge < -0.3 is 10.2 Å². The Morgan fingerprint density at radius 3 is 2.65 bits per heavy atom. The quantitative estimate of drug-likeness (QED) is 0.607. The molecule has 1 aliphatic rings. The molecule has 4 rings (SSSR count). The molecule has 1 aromatic carbocycles. The summed E-state index contributed by atoms with van der Waals surface area (Å²) in [6.07, 6.45) is 2.71. The highest BCUT2D eigenvalue weighted by molar-refractivity contribution is 7.15. The number of nitrogens with zero attached hydrogens (tertiary/aromatic N) is 5. The maximum absolute atomic E-state index is 12.3. The van der Waals surface area contributed by atoms with Crippen molar-refractivity contribution < 1.29 is 9.59 Å². The topological polar surface area (TPSA) is 101 Å². The van der Waals surface area contributed by atoms with Crippen LogP contribution in [-0.2, 0) is 22.4 Å². The number of Topliss-reactive ketones (excluding diaryl/α,β-unsaturated/α-hetero) is 1. The van der Waals surface area contributed by atoms with Gasteiger partial charge in [0, 0.05) is 32.4 Å². The first-order chi connectivity index (χ1) is 15.1. The number of hydrogen-bond acceptors (Lipinski definition) is 8. The van der Waals surface area contributed by atoms with E-state index in [0.29, 0.717) is 17.2 Å². The van der Waals surface area contributed by atoms with Crippen LogP contribution in [0.3, 0.4) is 0 Å². The molecule has 0 bridgehead atoms. The molecule has 0 radical (unpaired) electrons. The second-order valence-corrected chi connectivity index (χ2v) is 8.68. The van der Waals surface area contributed by atoms with Crippen molar-refractivity contribution in [2.45, 2.75) is 38.5 Å². The Hall–Kier alpha value is -3.20. The summed E-state index contributed by atoms with van der Waals surface area (Å²) in [7, 11) is 0. The summed E-state index contributed by atoms with van der Waals surface area (Å²) >= 11 is 1.42. The van der Waals surface area contributed by atoms with Crippen LogP contribution in [0.4, 0.5) is 10.9 Å². The zero-order valence-electron chi connectivity index (χ0n) is 17.3. The largest absolute Gasteiger partial charge is 0.354 e. The summed E-state index contributed by atoms with van der Waals surface area (Å²) in [5, 5.41) is 21.1. The third-order valence-electron chi connectivity index (χ3n) is 5.15. The molecule has 2 aromatic heterocycles. The second kappa shape index (κ2) is 9.74. The van der Waals surface area contributed by atoms with Gasteiger partial charge in [0.2, 0.25) is 11.0 Å². The van der Waals surface area contributed by atoms with E-state index >= 15 is 0 Å². The van der Waals surface area contributed by atoms with Crippen molar-refractivity contribution in [2.24, 2.45) is 0 Å². The van der Waals surface area contributed by atoms with Crippen molar-refractivity contribution in [3.8, 4) is 0 Å². The average Bonchev–Trinajstić information content (AvgIpc) is 3.23. The van der Waals surface area contributed by atoms with Crippen LogP contribution in [0.15, 0.2) is 42.5 Å². The van der Waals surface area contributed by atoms with E-state index in [1.165, 1.54) is 18.3 Å². The normalized spacial score (nSPS) is 16.2. The number of piperidine rings is 1. The number of hydrogen-bond donors (Lipinski definition) is 1. The summed E-state index contributed by atoms with van der Waals surface area (Å²) < 4.78 is 0. The lowest BCUT2D eigenvalue weighted by molar-refractivity contribution is -0.118. The predicted molar refractivity (Wildman–Crippen MR) is 119 cm³/mol. The van der Waals surface area contributed by atoms with Gasteiger partial charge in [-0.3, -0.25) is 9.59 Å². The van der Waals surface area contributed by atoms with Gasteiger partial charge in [-0.05, 0) is 30.5 Å². The van der Waals surface area contributed by atoms with Crippen LogP contribution in [0.2, 0.25) is 0 Å². The molecule has 1 aliphatic heterocycles. The van der Waals surface area contributed by atoms with Crippen LogP contribution >= 0.6 is 11.3 Å². The standard InChI is InChI=1S/C22H24N6O2S/c1-15(29)23-22-27-26-21(31-22)17-8-5-11-28(14-17)20-10-9-18(24-25-20)13-19(30)12-16-6-3-2-4-7-16/h2-4,6-7,9-10,17H,5,8,11-14H2,1H3,(H,23,27,29). The van der Waals surface area contributed by atoms with E-state index in [4.69, 9.17) is 0 Å². The molecule has 1 amide bonds. The zero-order valence-corrected chi connectivity index (χ0v) is 18.1. The lowest BCUT2D eigenvalue weighted by Gasteiger charge is -2.32. The third kappa shape index (κ3) is 5.69. The smallest absolute Gasteiger partial charge is 0.223 e. The van der Waals surface area contributed by atoms with Crippen molar-refractivity contribution in [1.82, 2.24) is 20.4 Å². The lowest BCUT2D eigenvalue weighted by atomic mass is 9.99. The van der Waals surface area contributed by atoms with Gasteiger partial charge in [-0.15, -0.1) is 15.3 Å². The van der Waals surface area contributed by atoms with Gasteiger partial charge in [0.15, 0.2) is 5.82 Å². The summed E-state index contributed by atoms with van der Waals surface area (Å²) in [6.45, 7) is 3.13. The fourth-order valence-corrected chi connectivity index (χ4v) is 4.61. The van der Waals surface area contributed by atoms with Gasteiger partial charge >= 0.3 is 0 Å². The molecule has 3 heterocycles. The fourth-order valence-electron chi connectivity index (χ4n) is 3.69. The number of benzene rings is 1. The summed E-state index contributed by atoms with van der Waals surface area (Å²) in [4.78, 5) is 25.7. The maximum atomic E-state index is 12.3. The Morgan fingerprint density at radius 2 is 1.90 bits per heavy atom. The molecule has 1 N–H and O–H groups in total. The molecule has 3 aromatic rings. The predicted octanol–water partition coefficient (Wildman–Crippen LogP) is 3.02. The minimum atomic E-state index is -0.148.